The predicted molar refractivity (Wildman–Crippen MR) is 84.7 cm³/mol. The molecule has 1 atom stereocenters. The molecule has 112 valence electrons. The quantitative estimate of drug-likeness (QED) is 0.721. The summed E-state index contributed by atoms with van der Waals surface area (Å²) < 4.78 is 5.33. The highest BCUT2D eigenvalue weighted by Gasteiger charge is 2.16. The maximum Gasteiger partial charge on any atom is 0.183 e. The molecule has 0 aliphatic rings. The summed E-state index contributed by atoms with van der Waals surface area (Å²) in [5, 5.41) is 3.80. The minimum atomic E-state index is -0.153. The van der Waals surface area contributed by atoms with Gasteiger partial charge in [0, 0.05) is 6.04 Å². The van der Waals surface area contributed by atoms with E-state index in [0.29, 0.717) is 0 Å². The summed E-state index contributed by atoms with van der Waals surface area (Å²) in [7, 11) is 0. The van der Waals surface area contributed by atoms with Gasteiger partial charge < -0.3 is 10.1 Å². The highest BCUT2D eigenvalue weighted by Crippen LogP contribution is 2.42. The van der Waals surface area contributed by atoms with Crippen molar-refractivity contribution < 1.29 is 9.53 Å². The molecule has 0 saturated heterocycles. The van der Waals surface area contributed by atoms with Gasteiger partial charge in [-0.3, -0.25) is 4.79 Å². The molecular formula is C13H15Cl4NO2. The molecule has 0 fully saturated rings. The van der Waals surface area contributed by atoms with Crippen LogP contribution < -0.4 is 10.1 Å². The second kappa shape index (κ2) is 8.30. The van der Waals surface area contributed by atoms with E-state index in [1.54, 1.807) is 0 Å². The van der Waals surface area contributed by atoms with Crippen molar-refractivity contribution in [2.75, 3.05) is 13.2 Å². The SMILES string of the molecule is CCC(C)NCC(=O)COc1c(Cl)c(Cl)cc(Cl)c1Cl. The highest BCUT2D eigenvalue weighted by atomic mass is 35.5. The van der Waals surface area contributed by atoms with Crippen molar-refractivity contribution in [3.8, 4) is 5.75 Å². The van der Waals surface area contributed by atoms with Crippen LogP contribution in [0.1, 0.15) is 20.3 Å². The topological polar surface area (TPSA) is 38.3 Å². The molecule has 1 N–H and O–H groups in total. The van der Waals surface area contributed by atoms with Gasteiger partial charge in [-0.2, -0.15) is 0 Å². The molecule has 0 aliphatic carbocycles. The van der Waals surface area contributed by atoms with E-state index < -0.39 is 0 Å². The molecule has 0 saturated carbocycles. The van der Waals surface area contributed by atoms with Crippen molar-refractivity contribution in [3.63, 3.8) is 0 Å². The summed E-state index contributed by atoms with van der Waals surface area (Å²) >= 11 is 23.7. The van der Waals surface area contributed by atoms with Crippen LogP contribution in [0.15, 0.2) is 6.07 Å². The van der Waals surface area contributed by atoms with Crippen LogP contribution in [0.25, 0.3) is 0 Å². The molecule has 0 amide bonds. The van der Waals surface area contributed by atoms with E-state index >= 15 is 0 Å². The van der Waals surface area contributed by atoms with Crippen LogP contribution in [0, 0.1) is 0 Å². The summed E-state index contributed by atoms with van der Waals surface area (Å²) in [6.07, 6.45) is 0.940. The summed E-state index contributed by atoms with van der Waals surface area (Å²) in [5.74, 6) is 0.0104. The maximum absolute atomic E-state index is 11.7. The number of benzene rings is 1. The fourth-order valence-electron chi connectivity index (χ4n) is 1.31. The third-order valence-corrected chi connectivity index (χ3v) is 4.25. The Kier molecular flexibility index (Phi) is 7.41. The van der Waals surface area contributed by atoms with Crippen LogP contribution in [-0.4, -0.2) is 25.0 Å². The van der Waals surface area contributed by atoms with E-state index in [-0.39, 0.29) is 50.8 Å². The van der Waals surface area contributed by atoms with Gasteiger partial charge in [0.1, 0.15) is 16.7 Å². The van der Waals surface area contributed by atoms with Crippen LogP contribution >= 0.6 is 46.4 Å². The zero-order chi connectivity index (χ0) is 15.3. The van der Waals surface area contributed by atoms with Crippen molar-refractivity contribution in [3.05, 3.63) is 26.2 Å². The molecule has 1 rings (SSSR count). The molecule has 0 bridgehead atoms. The lowest BCUT2D eigenvalue weighted by atomic mass is 10.2. The number of nitrogens with one attached hydrogen (secondary N) is 1. The van der Waals surface area contributed by atoms with Gasteiger partial charge in [-0.25, -0.2) is 0 Å². The third kappa shape index (κ3) is 4.97. The second-order valence-electron chi connectivity index (χ2n) is 4.31. The molecule has 0 spiro atoms. The molecule has 0 aliphatic heterocycles. The van der Waals surface area contributed by atoms with E-state index in [1.807, 2.05) is 13.8 Å². The van der Waals surface area contributed by atoms with Crippen LogP contribution in [0.5, 0.6) is 5.75 Å². The fraction of sp³-hybridized carbons (Fsp3) is 0.462. The Morgan fingerprint density at radius 1 is 1.25 bits per heavy atom. The van der Waals surface area contributed by atoms with Crippen molar-refractivity contribution in [1.82, 2.24) is 5.32 Å². The number of rotatable bonds is 7. The molecule has 3 nitrogen and oxygen atoms in total. The molecule has 0 radical (unpaired) electrons. The number of carbonyl (C=O) groups is 1. The van der Waals surface area contributed by atoms with Crippen LogP contribution in [0.3, 0.4) is 0 Å². The van der Waals surface area contributed by atoms with E-state index in [2.05, 4.69) is 5.32 Å². The van der Waals surface area contributed by atoms with Gasteiger partial charge >= 0.3 is 0 Å². The zero-order valence-corrected chi connectivity index (χ0v) is 14.1. The monoisotopic (exact) mass is 357 g/mol. The smallest absolute Gasteiger partial charge is 0.183 e. The first-order valence-electron chi connectivity index (χ1n) is 6.07. The van der Waals surface area contributed by atoms with Gasteiger partial charge in [-0.05, 0) is 19.4 Å². The van der Waals surface area contributed by atoms with E-state index in [0.717, 1.165) is 6.42 Å². The number of carbonyl (C=O) groups excluding carboxylic acids is 1. The molecule has 1 aromatic carbocycles. The van der Waals surface area contributed by atoms with Crippen molar-refractivity contribution in [1.29, 1.82) is 0 Å². The zero-order valence-electron chi connectivity index (χ0n) is 11.1. The molecule has 20 heavy (non-hydrogen) atoms. The van der Waals surface area contributed by atoms with E-state index in [4.69, 9.17) is 51.1 Å². The first kappa shape index (κ1) is 17.9. The van der Waals surface area contributed by atoms with Crippen LogP contribution in [0.2, 0.25) is 20.1 Å². The van der Waals surface area contributed by atoms with Crippen molar-refractivity contribution >= 4 is 52.2 Å². The lowest BCUT2D eigenvalue weighted by Gasteiger charge is -2.13. The predicted octanol–water partition coefficient (Wildman–Crippen LogP) is 4.64. The highest BCUT2D eigenvalue weighted by molar-refractivity contribution is 6.48. The number of hydrogen-bond donors (Lipinski definition) is 1. The third-order valence-electron chi connectivity index (χ3n) is 2.71. The standard InChI is InChI=1S/C13H15Cl4NO2/c1-3-7(2)18-5-8(19)6-20-13-11(16)9(14)4-10(15)12(13)17/h4,7,18H,3,5-6H2,1-2H3. The largest absolute Gasteiger partial charge is 0.483 e. The lowest BCUT2D eigenvalue weighted by Crippen LogP contribution is -2.33. The van der Waals surface area contributed by atoms with Gasteiger partial charge in [-0.15, -0.1) is 0 Å². The number of halogens is 4. The number of ketones is 1. The summed E-state index contributed by atoms with van der Waals surface area (Å²) in [4.78, 5) is 11.7. The fourth-order valence-corrected chi connectivity index (χ4v) is 2.22. The Hall–Kier alpha value is -0.190. The average molecular weight is 359 g/mol. The number of ether oxygens (including phenoxy) is 1. The Labute approximate surface area is 138 Å². The van der Waals surface area contributed by atoms with E-state index in [1.165, 1.54) is 6.07 Å². The van der Waals surface area contributed by atoms with E-state index in [9.17, 15) is 4.79 Å². The Balaban J connectivity index is 2.64. The number of Topliss-reactive ketones (excluding diaryl/α,β-unsaturated/α-hetero) is 1. The summed E-state index contributed by atoms with van der Waals surface area (Å²) in [6.45, 7) is 4.10. The molecule has 1 unspecified atom stereocenters. The molecular weight excluding hydrogens is 344 g/mol. The molecule has 0 aromatic heterocycles. The first-order chi connectivity index (χ1) is 9.36. The maximum atomic E-state index is 11.7. The van der Waals surface area contributed by atoms with Crippen molar-refractivity contribution in [2.45, 2.75) is 26.3 Å². The van der Waals surface area contributed by atoms with Gasteiger partial charge in [0.2, 0.25) is 0 Å². The van der Waals surface area contributed by atoms with Gasteiger partial charge in [0.25, 0.3) is 0 Å². The minimum Gasteiger partial charge on any atom is -0.483 e. The van der Waals surface area contributed by atoms with Crippen LogP contribution in [0.4, 0.5) is 0 Å². The summed E-state index contributed by atoms with van der Waals surface area (Å²) in [5.41, 5.74) is 0. The van der Waals surface area contributed by atoms with Gasteiger partial charge in [-0.1, -0.05) is 53.3 Å². The van der Waals surface area contributed by atoms with Crippen molar-refractivity contribution in [2.24, 2.45) is 0 Å². The Bertz CT molecular complexity index is 467. The molecule has 1 aromatic rings. The average Bonchev–Trinajstić information content (AvgIpc) is 2.42. The normalized spacial score (nSPS) is 12.3. The molecule has 0 heterocycles. The molecule has 7 heteroatoms. The number of hydrogen-bond acceptors (Lipinski definition) is 3. The minimum absolute atomic E-state index is 0.117. The Morgan fingerprint density at radius 2 is 1.80 bits per heavy atom. The second-order valence-corrected chi connectivity index (χ2v) is 5.89. The van der Waals surface area contributed by atoms with Crippen LogP contribution in [-0.2, 0) is 4.79 Å². The lowest BCUT2D eigenvalue weighted by molar-refractivity contribution is -0.120. The first-order valence-corrected chi connectivity index (χ1v) is 7.58. The Morgan fingerprint density at radius 3 is 2.30 bits per heavy atom. The van der Waals surface area contributed by atoms with Gasteiger partial charge in [0.15, 0.2) is 11.5 Å². The van der Waals surface area contributed by atoms with Gasteiger partial charge in [0.05, 0.1) is 16.6 Å². The summed E-state index contributed by atoms with van der Waals surface area (Å²) in [6, 6.07) is 1.69.